The molecule has 0 radical (unpaired) electrons. The molecule has 0 fully saturated rings. The first-order valence-corrected chi connectivity index (χ1v) is 8.12. The quantitative estimate of drug-likeness (QED) is 0.869. The zero-order valence-electron chi connectivity index (χ0n) is 11.9. The fourth-order valence-corrected chi connectivity index (χ4v) is 2.22. The molecule has 2 aromatic rings. The van der Waals surface area contributed by atoms with E-state index in [-0.39, 0.29) is 11.7 Å². The summed E-state index contributed by atoms with van der Waals surface area (Å²) >= 11 is 0. The molecule has 0 aliphatic carbocycles. The number of sulfonamides is 1. The van der Waals surface area contributed by atoms with Crippen molar-refractivity contribution in [2.75, 3.05) is 15.8 Å². The van der Waals surface area contributed by atoms with Crippen LogP contribution in [0.4, 0.5) is 30.5 Å². The largest absolute Gasteiger partial charge is 0.433 e. The summed E-state index contributed by atoms with van der Waals surface area (Å²) in [6, 6.07) is 6.72. The highest BCUT2D eigenvalue weighted by atomic mass is 32.2. The Kier molecular flexibility index (Phi) is 4.73. The molecule has 1 heterocycles. The molecule has 1 aromatic carbocycles. The van der Waals surface area contributed by atoms with E-state index < -0.39 is 21.9 Å². The first-order valence-electron chi connectivity index (χ1n) is 6.47. The molecule has 10 heteroatoms. The summed E-state index contributed by atoms with van der Waals surface area (Å²) in [4.78, 5) is 7.09. The lowest BCUT2D eigenvalue weighted by Gasteiger charge is -2.10. The summed E-state index contributed by atoms with van der Waals surface area (Å²) < 4.78 is 62.9. The van der Waals surface area contributed by atoms with Crippen molar-refractivity contribution in [1.29, 1.82) is 0 Å². The van der Waals surface area contributed by atoms with Gasteiger partial charge >= 0.3 is 6.18 Å². The number of aromatic nitrogens is 2. The minimum atomic E-state index is -4.55. The maximum atomic E-state index is 12.6. The van der Waals surface area contributed by atoms with Gasteiger partial charge in [0.05, 0.1) is 5.75 Å². The van der Waals surface area contributed by atoms with Crippen LogP contribution < -0.4 is 10.0 Å². The fraction of sp³-hybridized carbons (Fsp3) is 0.231. The molecular weight excluding hydrogens is 333 g/mol. The van der Waals surface area contributed by atoms with E-state index in [1.165, 1.54) is 31.2 Å². The minimum Gasteiger partial charge on any atom is -0.324 e. The molecule has 124 valence electrons. The Hall–Kier alpha value is -2.36. The zero-order valence-corrected chi connectivity index (χ0v) is 12.7. The highest BCUT2D eigenvalue weighted by Gasteiger charge is 2.32. The van der Waals surface area contributed by atoms with Crippen molar-refractivity contribution in [3.05, 3.63) is 42.2 Å². The average molecular weight is 346 g/mol. The molecule has 0 aliphatic rings. The van der Waals surface area contributed by atoms with E-state index in [2.05, 4.69) is 20.0 Å². The molecule has 0 spiro atoms. The Morgan fingerprint density at radius 2 is 1.70 bits per heavy atom. The summed E-state index contributed by atoms with van der Waals surface area (Å²) in [7, 11) is -3.39. The van der Waals surface area contributed by atoms with Crippen LogP contribution in [0.5, 0.6) is 0 Å². The number of hydrogen-bond acceptors (Lipinski definition) is 5. The molecule has 0 saturated carbocycles. The van der Waals surface area contributed by atoms with Crippen LogP contribution >= 0.6 is 0 Å². The SMILES string of the molecule is CCS(=O)(=O)Nc1ccc(Nc2nccc(C(F)(F)F)n2)cc1. The smallest absolute Gasteiger partial charge is 0.324 e. The van der Waals surface area contributed by atoms with Gasteiger partial charge in [-0.15, -0.1) is 0 Å². The van der Waals surface area contributed by atoms with Gasteiger partial charge < -0.3 is 5.32 Å². The van der Waals surface area contributed by atoms with E-state index in [1.54, 1.807) is 0 Å². The van der Waals surface area contributed by atoms with Gasteiger partial charge in [-0.25, -0.2) is 18.4 Å². The number of halogens is 3. The molecule has 0 bridgehead atoms. The molecule has 0 atom stereocenters. The maximum Gasteiger partial charge on any atom is 0.433 e. The van der Waals surface area contributed by atoms with Crippen molar-refractivity contribution in [3.63, 3.8) is 0 Å². The summed E-state index contributed by atoms with van der Waals surface area (Å²) in [5, 5.41) is 2.62. The standard InChI is InChI=1S/C13H13F3N4O2S/c1-2-23(21,22)20-10-5-3-9(4-6-10)18-12-17-8-7-11(19-12)13(14,15)16/h3-8,20H,2H2,1H3,(H,17,18,19). The minimum absolute atomic E-state index is 0.0644. The van der Waals surface area contributed by atoms with Gasteiger partial charge in [0.1, 0.15) is 5.69 Å². The molecule has 0 amide bonds. The molecule has 1 aromatic heterocycles. The molecule has 0 unspecified atom stereocenters. The van der Waals surface area contributed by atoms with E-state index in [0.717, 1.165) is 12.3 Å². The van der Waals surface area contributed by atoms with E-state index in [4.69, 9.17) is 0 Å². The average Bonchev–Trinajstić information content (AvgIpc) is 2.48. The Bertz CT molecular complexity index is 777. The highest BCUT2D eigenvalue weighted by Crippen LogP contribution is 2.28. The van der Waals surface area contributed by atoms with Gasteiger partial charge in [0.25, 0.3) is 0 Å². The van der Waals surface area contributed by atoms with Crippen LogP contribution in [0.15, 0.2) is 36.5 Å². The summed E-state index contributed by atoms with van der Waals surface area (Å²) in [6.07, 6.45) is -3.55. The second kappa shape index (κ2) is 6.41. The van der Waals surface area contributed by atoms with Crippen LogP contribution in [0.1, 0.15) is 12.6 Å². The molecule has 2 rings (SSSR count). The molecule has 0 saturated heterocycles. The Morgan fingerprint density at radius 3 is 2.26 bits per heavy atom. The van der Waals surface area contributed by atoms with Crippen molar-refractivity contribution in [2.24, 2.45) is 0 Å². The fourth-order valence-electron chi connectivity index (χ4n) is 1.58. The maximum absolute atomic E-state index is 12.6. The van der Waals surface area contributed by atoms with Crippen LogP contribution in [-0.2, 0) is 16.2 Å². The number of nitrogens with one attached hydrogen (secondary N) is 2. The monoisotopic (exact) mass is 346 g/mol. The van der Waals surface area contributed by atoms with Crippen molar-refractivity contribution < 1.29 is 21.6 Å². The summed E-state index contributed by atoms with van der Waals surface area (Å²) in [6.45, 7) is 1.50. The summed E-state index contributed by atoms with van der Waals surface area (Å²) in [5.74, 6) is -0.271. The van der Waals surface area contributed by atoms with Crippen LogP contribution in [0.3, 0.4) is 0 Å². The van der Waals surface area contributed by atoms with Gasteiger partial charge in [-0.1, -0.05) is 0 Å². The van der Waals surface area contributed by atoms with Crippen molar-refractivity contribution in [3.8, 4) is 0 Å². The normalized spacial score (nSPS) is 12.0. The topological polar surface area (TPSA) is 84.0 Å². The molecule has 6 nitrogen and oxygen atoms in total. The second-order valence-corrected chi connectivity index (χ2v) is 6.48. The number of anilines is 3. The van der Waals surface area contributed by atoms with Gasteiger partial charge in [-0.2, -0.15) is 13.2 Å². The number of nitrogens with zero attached hydrogens (tertiary/aromatic N) is 2. The van der Waals surface area contributed by atoms with E-state index in [9.17, 15) is 21.6 Å². The first-order chi connectivity index (χ1) is 10.7. The number of rotatable bonds is 5. The predicted octanol–water partition coefficient (Wildman–Crippen LogP) is 3.00. The first kappa shape index (κ1) is 17.0. The lowest BCUT2D eigenvalue weighted by Crippen LogP contribution is -2.14. The van der Waals surface area contributed by atoms with Crippen molar-refractivity contribution in [1.82, 2.24) is 9.97 Å². The lowest BCUT2D eigenvalue weighted by molar-refractivity contribution is -0.141. The number of hydrogen-bond donors (Lipinski definition) is 2. The van der Waals surface area contributed by atoms with Gasteiger partial charge in [-0.05, 0) is 37.3 Å². The third-order valence-electron chi connectivity index (χ3n) is 2.74. The Balaban J connectivity index is 2.13. The van der Waals surface area contributed by atoms with Gasteiger partial charge in [0, 0.05) is 17.6 Å². The zero-order chi connectivity index (χ0) is 17.1. The van der Waals surface area contributed by atoms with E-state index >= 15 is 0 Å². The van der Waals surface area contributed by atoms with E-state index in [0.29, 0.717) is 11.4 Å². The van der Waals surface area contributed by atoms with Crippen LogP contribution in [0.25, 0.3) is 0 Å². The number of benzene rings is 1. The third-order valence-corrected chi connectivity index (χ3v) is 4.05. The lowest BCUT2D eigenvalue weighted by atomic mass is 10.3. The molecular formula is C13H13F3N4O2S. The van der Waals surface area contributed by atoms with Gasteiger partial charge in [0.2, 0.25) is 16.0 Å². The molecule has 0 aliphatic heterocycles. The summed E-state index contributed by atoms with van der Waals surface area (Å²) in [5.41, 5.74) is -0.284. The Morgan fingerprint density at radius 1 is 1.09 bits per heavy atom. The van der Waals surface area contributed by atoms with E-state index in [1.807, 2.05) is 0 Å². The van der Waals surface area contributed by atoms with Crippen LogP contribution in [0.2, 0.25) is 0 Å². The van der Waals surface area contributed by atoms with Crippen LogP contribution in [0, 0.1) is 0 Å². The third kappa shape index (κ3) is 4.81. The second-order valence-electron chi connectivity index (χ2n) is 4.47. The van der Waals surface area contributed by atoms with Gasteiger partial charge in [-0.3, -0.25) is 4.72 Å². The predicted molar refractivity (Wildman–Crippen MR) is 79.8 cm³/mol. The van der Waals surface area contributed by atoms with Crippen LogP contribution in [-0.4, -0.2) is 24.1 Å². The van der Waals surface area contributed by atoms with Crippen molar-refractivity contribution >= 4 is 27.3 Å². The molecule has 2 N–H and O–H groups in total. The highest BCUT2D eigenvalue weighted by molar-refractivity contribution is 7.92. The van der Waals surface area contributed by atoms with Crippen molar-refractivity contribution in [2.45, 2.75) is 13.1 Å². The molecule has 23 heavy (non-hydrogen) atoms. The van der Waals surface area contributed by atoms with Gasteiger partial charge in [0.15, 0.2) is 0 Å². The number of alkyl halides is 3. The Labute approximate surface area is 130 Å².